The molecule has 1 aromatic heterocycles. The third-order valence-electron chi connectivity index (χ3n) is 3.11. The molecule has 0 aliphatic heterocycles. The van der Waals surface area contributed by atoms with Crippen molar-refractivity contribution in [3.63, 3.8) is 0 Å². The van der Waals surface area contributed by atoms with Crippen LogP contribution in [0.1, 0.15) is 11.1 Å². The van der Waals surface area contributed by atoms with Crippen LogP contribution < -0.4 is 5.32 Å². The fourth-order valence-corrected chi connectivity index (χ4v) is 1.98. The Bertz CT molecular complexity index is 746. The number of benzene rings is 2. The number of fused-ring (bicyclic) bond motifs is 1. The minimum absolute atomic E-state index is 0.278. The van der Waals surface area contributed by atoms with Gasteiger partial charge in [-0.3, -0.25) is 0 Å². The second kappa shape index (κ2) is 5.13. The summed E-state index contributed by atoms with van der Waals surface area (Å²) >= 11 is 0. The Morgan fingerprint density at radius 3 is 2.70 bits per heavy atom. The molecule has 5 nitrogen and oxygen atoms in total. The van der Waals surface area contributed by atoms with Gasteiger partial charge in [0.2, 0.25) is 0 Å². The van der Waals surface area contributed by atoms with Gasteiger partial charge in [-0.25, -0.2) is 4.79 Å². The number of aryl methyl sites for hydroxylation is 1. The Balaban J connectivity index is 1.75. The molecule has 20 heavy (non-hydrogen) atoms. The van der Waals surface area contributed by atoms with E-state index in [0.717, 1.165) is 5.56 Å². The van der Waals surface area contributed by atoms with Crippen LogP contribution in [0.3, 0.4) is 0 Å². The fourth-order valence-electron chi connectivity index (χ4n) is 1.98. The summed E-state index contributed by atoms with van der Waals surface area (Å²) < 4.78 is 1.28. The van der Waals surface area contributed by atoms with E-state index in [1.807, 2.05) is 55.5 Å². The van der Waals surface area contributed by atoms with Crippen molar-refractivity contribution in [3.05, 3.63) is 59.7 Å². The molecule has 0 bridgehead atoms. The zero-order valence-corrected chi connectivity index (χ0v) is 11.1. The lowest BCUT2D eigenvalue weighted by Crippen LogP contribution is -2.28. The normalized spacial score (nSPS) is 10.7. The highest BCUT2D eigenvalue weighted by atomic mass is 16.2. The van der Waals surface area contributed by atoms with Crippen LogP contribution in [0.4, 0.5) is 4.79 Å². The topological polar surface area (TPSA) is 59.8 Å². The molecule has 0 saturated heterocycles. The monoisotopic (exact) mass is 266 g/mol. The van der Waals surface area contributed by atoms with Gasteiger partial charge in [0.1, 0.15) is 5.52 Å². The quantitative estimate of drug-likeness (QED) is 0.775. The number of hydrogen-bond donors (Lipinski definition) is 1. The molecule has 0 radical (unpaired) electrons. The first-order chi connectivity index (χ1) is 9.74. The van der Waals surface area contributed by atoms with E-state index >= 15 is 0 Å². The van der Waals surface area contributed by atoms with E-state index in [2.05, 4.69) is 15.6 Å². The van der Waals surface area contributed by atoms with E-state index in [0.29, 0.717) is 17.6 Å². The number of para-hydroxylation sites is 1. The first-order valence-electron chi connectivity index (χ1n) is 6.38. The largest absolute Gasteiger partial charge is 0.344 e. The lowest BCUT2D eigenvalue weighted by Gasteiger charge is -2.05. The third-order valence-corrected chi connectivity index (χ3v) is 3.11. The molecule has 0 fully saturated rings. The average molecular weight is 266 g/mol. The standard InChI is InChI=1S/C15H14N4O/c1-11-6-8-12(9-7-11)10-16-15(20)19-14-5-3-2-4-13(14)17-18-19/h2-9H,10H2,1H3,(H,16,20). The average Bonchev–Trinajstić information content (AvgIpc) is 2.90. The number of carbonyl (C=O) groups excluding carboxylic acids is 1. The Kier molecular flexibility index (Phi) is 3.16. The number of nitrogens with one attached hydrogen (secondary N) is 1. The summed E-state index contributed by atoms with van der Waals surface area (Å²) in [7, 11) is 0. The molecule has 2 aromatic carbocycles. The van der Waals surface area contributed by atoms with Crippen LogP contribution in [0.2, 0.25) is 0 Å². The van der Waals surface area contributed by atoms with Gasteiger partial charge < -0.3 is 5.32 Å². The number of carbonyl (C=O) groups is 1. The molecule has 0 atom stereocenters. The van der Waals surface area contributed by atoms with E-state index in [4.69, 9.17) is 0 Å². The molecule has 0 saturated carbocycles. The Morgan fingerprint density at radius 1 is 1.15 bits per heavy atom. The van der Waals surface area contributed by atoms with Crippen molar-refractivity contribution < 1.29 is 4.79 Å². The molecule has 100 valence electrons. The van der Waals surface area contributed by atoms with Crippen molar-refractivity contribution in [2.45, 2.75) is 13.5 Å². The minimum Gasteiger partial charge on any atom is -0.332 e. The number of hydrogen-bond acceptors (Lipinski definition) is 3. The Morgan fingerprint density at radius 2 is 1.90 bits per heavy atom. The number of nitrogens with zero attached hydrogens (tertiary/aromatic N) is 3. The van der Waals surface area contributed by atoms with E-state index in [-0.39, 0.29) is 6.03 Å². The minimum atomic E-state index is -0.278. The smallest absolute Gasteiger partial charge is 0.332 e. The summed E-state index contributed by atoms with van der Waals surface area (Å²) in [6.45, 7) is 2.50. The highest BCUT2D eigenvalue weighted by Gasteiger charge is 2.10. The highest BCUT2D eigenvalue weighted by Crippen LogP contribution is 2.09. The van der Waals surface area contributed by atoms with Gasteiger partial charge in [0.15, 0.2) is 0 Å². The summed E-state index contributed by atoms with van der Waals surface area (Å²) in [5.74, 6) is 0. The van der Waals surface area contributed by atoms with Gasteiger partial charge in [-0.05, 0) is 24.6 Å². The second-order valence-corrected chi connectivity index (χ2v) is 4.63. The highest BCUT2D eigenvalue weighted by molar-refractivity contribution is 5.87. The van der Waals surface area contributed by atoms with E-state index in [1.165, 1.54) is 10.2 Å². The van der Waals surface area contributed by atoms with Gasteiger partial charge in [0.05, 0.1) is 5.52 Å². The van der Waals surface area contributed by atoms with Crippen molar-refractivity contribution in [2.24, 2.45) is 0 Å². The zero-order chi connectivity index (χ0) is 13.9. The van der Waals surface area contributed by atoms with Crippen molar-refractivity contribution in [1.82, 2.24) is 20.3 Å². The summed E-state index contributed by atoms with van der Waals surface area (Å²) in [6, 6.07) is 15.1. The predicted molar refractivity (Wildman–Crippen MR) is 76.3 cm³/mol. The first kappa shape index (κ1) is 12.3. The van der Waals surface area contributed by atoms with Crippen LogP contribution >= 0.6 is 0 Å². The van der Waals surface area contributed by atoms with Crippen molar-refractivity contribution in [1.29, 1.82) is 0 Å². The molecular weight excluding hydrogens is 252 g/mol. The lowest BCUT2D eigenvalue weighted by molar-refractivity contribution is 0.239. The Hall–Kier alpha value is -2.69. The summed E-state index contributed by atoms with van der Waals surface area (Å²) in [5, 5.41) is 10.7. The van der Waals surface area contributed by atoms with Crippen LogP contribution in [-0.2, 0) is 6.54 Å². The van der Waals surface area contributed by atoms with Crippen LogP contribution in [0.15, 0.2) is 48.5 Å². The van der Waals surface area contributed by atoms with Crippen LogP contribution in [0.25, 0.3) is 11.0 Å². The maximum Gasteiger partial charge on any atom is 0.344 e. The maximum atomic E-state index is 12.1. The van der Waals surface area contributed by atoms with Gasteiger partial charge in [-0.15, -0.1) is 5.10 Å². The number of rotatable bonds is 2. The molecule has 0 spiro atoms. The fraction of sp³-hybridized carbons (Fsp3) is 0.133. The van der Waals surface area contributed by atoms with Crippen molar-refractivity contribution in [2.75, 3.05) is 0 Å². The molecular formula is C15H14N4O. The zero-order valence-electron chi connectivity index (χ0n) is 11.1. The Labute approximate surface area is 116 Å². The predicted octanol–water partition coefficient (Wildman–Crippen LogP) is 2.50. The lowest BCUT2D eigenvalue weighted by atomic mass is 10.1. The molecule has 1 heterocycles. The SMILES string of the molecule is Cc1ccc(CNC(=O)n2nnc3ccccc32)cc1. The van der Waals surface area contributed by atoms with Crippen LogP contribution in [0, 0.1) is 6.92 Å². The van der Waals surface area contributed by atoms with E-state index < -0.39 is 0 Å². The van der Waals surface area contributed by atoms with Gasteiger partial charge in [-0.2, -0.15) is 4.68 Å². The summed E-state index contributed by atoms with van der Waals surface area (Å²) in [5.41, 5.74) is 3.66. The number of amides is 1. The first-order valence-corrected chi connectivity index (χ1v) is 6.38. The van der Waals surface area contributed by atoms with Crippen LogP contribution in [-0.4, -0.2) is 21.0 Å². The van der Waals surface area contributed by atoms with Gasteiger partial charge in [0, 0.05) is 6.54 Å². The summed E-state index contributed by atoms with van der Waals surface area (Å²) in [4.78, 5) is 12.1. The van der Waals surface area contributed by atoms with Gasteiger partial charge in [0.25, 0.3) is 0 Å². The second-order valence-electron chi connectivity index (χ2n) is 4.63. The van der Waals surface area contributed by atoms with Gasteiger partial charge in [-0.1, -0.05) is 47.2 Å². The molecule has 1 N–H and O–H groups in total. The molecule has 0 unspecified atom stereocenters. The van der Waals surface area contributed by atoms with Gasteiger partial charge >= 0.3 is 6.03 Å². The maximum absolute atomic E-state index is 12.1. The molecule has 1 amide bonds. The van der Waals surface area contributed by atoms with Crippen LogP contribution in [0.5, 0.6) is 0 Å². The summed E-state index contributed by atoms with van der Waals surface area (Å²) in [6.07, 6.45) is 0. The molecule has 3 aromatic rings. The molecule has 5 heteroatoms. The number of aromatic nitrogens is 3. The third kappa shape index (κ3) is 2.38. The molecule has 0 aliphatic carbocycles. The molecule has 3 rings (SSSR count). The van der Waals surface area contributed by atoms with E-state index in [1.54, 1.807) is 0 Å². The molecule has 0 aliphatic rings. The van der Waals surface area contributed by atoms with Crippen molar-refractivity contribution in [3.8, 4) is 0 Å². The van der Waals surface area contributed by atoms with E-state index in [9.17, 15) is 4.79 Å². The van der Waals surface area contributed by atoms with Crippen molar-refractivity contribution >= 4 is 17.1 Å².